The van der Waals surface area contributed by atoms with Crippen LogP contribution in [0, 0.1) is 0 Å². The van der Waals surface area contributed by atoms with Crippen molar-refractivity contribution in [3.8, 4) is 23.0 Å². The molecule has 4 rings (SSSR count). The van der Waals surface area contributed by atoms with Crippen molar-refractivity contribution in [1.29, 1.82) is 0 Å². The summed E-state index contributed by atoms with van der Waals surface area (Å²) in [5.74, 6) is 0.980. The molecule has 39 heavy (non-hydrogen) atoms. The second-order valence-electron chi connectivity index (χ2n) is 8.62. The lowest BCUT2D eigenvalue weighted by Gasteiger charge is -2.10. The van der Waals surface area contributed by atoms with Crippen molar-refractivity contribution in [3.63, 3.8) is 0 Å². The number of nitrogens with zero attached hydrogens (tertiary/aromatic N) is 1. The zero-order valence-electron chi connectivity index (χ0n) is 21.9. The molecule has 0 saturated carbocycles. The van der Waals surface area contributed by atoms with E-state index in [1.165, 1.54) is 13.3 Å². The maximum atomic E-state index is 12.6. The summed E-state index contributed by atoms with van der Waals surface area (Å²) in [6, 6.07) is 25.3. The number of unbranched alkanes of at least 4 members (excludes halogenated alkanes) is 1. The zero-order valence-corrected chi connectivity index (χ0v) is 21.9. The van der Waals surface area contributed by atoms with E-state index in [0.717, 1.165) is 23.6 Å². The van der Waals surface area contributed by atoms with Crippen LogP contribution in [0.4, 0.5) is 0 Å². The molecule has 200 valence electrons. The van der Waals surface area contributed by atoms with E-state index in [1.54, 1.807) is 42.5 Å². The number of nitrogens with one attached hydrogen (secondary N) is 1. The number of esters is 1. The first-order chi connectivity index (χ1) is 19.1. The molecule has 0 radical (unpaired) electrons. The number of rotatable bonds is 12. The largest absolute Gasteiger partial charge is 0.494 e. The van der Waals surface area contributed by atoms with Gasteiger partial charge in [0.1, 0.15) is 11.5 Å². The molecule has 0 saturated heterocycles. The van der Waals surface area contributed by atoms with Gasteiger partial charge in [0.2, 0.25) is 0 Å². The van der Waals surface area contributed by atoms with Gasteiger partial charge in [-0.05, 0) is 77.4 Å². The molecule has 8 heteroatoms. The fourth-order valence-corrected chi connectivity index (χ4v) is 3.65. The van der Waals surface area contributed by atoms with Crippen LogP contribution in [0.5, 0.6) is 23.0 Å². The number of methoxy groups -OCH3 is 1. The molecule has 1 amide bonds. The van der Waals surface area contributed by atoms with Gasteiger partial charge in [-0.3, -0.25) is 4.79 Å². The maximum Gasteiger partial charge on any atom is 0.343 e. The Hall–Kier alpha value is -4.85. The monoisotopic (exact) mass is 526 g/mol. The third kappa shape index (κ3) is 7.82. The average Bonchev–Trinajstić information content (AvgIpc) is 2.97. The van der Waals surface area contributed by atoms with Crippen LogP contribution in [0.15, 0.2) is 90.0 Å². The third-order valence-electron chi connectivity index (χ3n) is 5.74. The summed E-state index contributed by atoms with van der Waals surface area (Å²) in [4.78, 5) is 24.8. The van der Waals surface area contributed by atoms with Crippen molar-refractivity contribution in [3.05, 3.63) is 96.1 Å². The van der Waals surface area contributed by atoms with Gasteiger partial charge in [0.05, 0.1) is 25.5 Å². The van der Waals surface area contributed by atoms with Gasteiger partial charge in [-0.2, -0.15) is 5.10 Å². The predicted molar refractivity (Wildman–Crippen MR) is 150 cm³/mol. The topological polar surface area (TPSA) is 95.5 Å². The summed E-state index contributed by atoms with van der Waals surface area (Å²) < 4.78 is 22.1. The van der Waals surface area contributed by atoms with Gasteiger partial charge in [0.25, 0.3) is 5.91 Å². The summed E-state index contributed by atoms with van der Waals surface area (Å²) in [5.41, 5.74) is 3.46. The van der Waals surface area contributed by atoms with Crippen LogP contribution in [0.2, 0.25) is 0 Å². The summed E-state index contributed by atoms with van der Waals surface area (Å²) >= 11 is 0. The highest BCUT2D eigenvalue weighted by Gasteiger charge is 2.13. The second-order valence-corrected chi connectivity index (χ2v) is 8.62. The predicted octanol–water partition coefficient (Wildman–Crippen LogP) is 5.78. The highest BCUT2D eigenvalue weighted by Crippen LogP contribution is 2.28. The SMILES string of the molecule is CCCCOc1ccc(C(=O)Oc2ccc(C=NNC(=O)COc3ccc4ccccc4c3)cc2OC)cc1. The standard InChI is InChI=1S/C31H30N2O6/c1-3-4-17-37-26-13-11-24(12-14-26)31(35)39-28-16-9-22(18-29(28)36-2)20-32-33-30(34)21-38-27-15-10-23-7-5-6-8-25(23)19-27/h5-16,18-20H,3-4,17,21H2,1-2H3,(H,33,34). The van der Waals surface area contributed by atoms with Gasteiger partial charge in [0, 0.05) is 0 Å². The molecule has 0 bridgehead atoms. The zero-order chi connectivity index (χ0) is 27.5. The van der Waals surface area contributed by atoms with E-state index in [0.29, 0.717) is 35.0 Å². The van der Waals surface area contributed by atoms with Crippen molar-refractivity contribution in [2.75, 3.05) is 20.3 Å². The van der Waals surface area contributed by atoms with Crippen LogP contribution in [0.25, 0.3) is 10.8 Å². The lowest BCUT2D eigenvalue weighted by Crippen LogP contribution is -2.24. The Morgan fingerprint density at radius 1 is 0.846 bits per heavy atom. The van der Waals surface area contributed by atoms with Crippen LogP contribution < -0.4 is 24.4 Å². The number of amides is 1. The van der Waals surface area contributed by atoms with Crippen molar-refractivity contribution in [2.24, 2.45) is 5.10 Å². The summed E-state index contributed by atoms with van der Waals surface area (Å²) in [6.45, 7) is 2.55. The summed E-state index contributed by atoms with van der Waals surface area (Å²) in [6.07, 6.45) is 3.48. The summed E-state index contributed by atoms with van der Waals surface area (Å²) in [7, 11) is 1.47. The molecule has 0 aliphatic rings. The number of hydrazone groups is 1. The minimum absolute atomic E-state index is 0.181. The van der Waals surface area contributed by atoms with Gasteiger partial charge in [0.15, 0.2) is 18.1 Å². The lowest BCUT2D eigenvalue weighted by molar-refractivity contribution is -0.123. The van der Waals surface area contributed by atoms with E-state index in [4.69, 9.17) is 18.9 Å². The first-order valence-corrected chi connectivity index (χ1v) is 12.6. The van der Waals surface area contributed by atoms with E-state index < -0.39 is 11.9 Å². The molecule has 4 aromatic carbocycles. The highest BCUT2D eigenvalue weighted by molar-refractivity contribution is 5.92. The quantitative estimate of drug-likeness (QED) is 0.0827. The molecule has 0 heterocycles. The molecule has 0 fully saturated rings. The van der Waals surface area contributed by atoms with Crippen LogP contribution in [-0.2, 0) is 4.79 Å². The van der Waals surface area contributed by atoms with Crippen molar-refractivity contribution < 1.29 is 28.5 Å². The Kier molecular flexibility index (Phi) is 9.50. The lowest BCUT2D eigenvalue weighted by atomic mass is 10.1. The molecule has 8 nitrogen and oxygen atoms in total. The second kappa shape index (κ2) is 13.6. The van der Waals surface area contributed by atoms with E-state index in [1.807, 2.05) is 42.5 Å². The minimum Gasteiger partial charge on any atom is -0.494 e. The maximum absolute atomic E-state index is 12.6. The van der Waals surface area contributed by atoms with Gasteiger partial charge < -0.3 is 18.9 Å². The number of carbonyl (C=O) groups is 2. The smallest absolute Gasteiger partial charge is 0.343 e. The van der Waals surface area contributed by atoms with Crippen LogP contribution >= 0.6 is 0 Å². The minimum atomic E-state index is -0.520. The molecule has 4 aromatic rings. The molecular weight excluding hydrogens is 496 g/mol. The summed E-state index contributed by atoms with van der Waals surface area (Å²) in [5, 5.41) is 6.10. The fraction of sp³-hybridized carbons (Fsp3) is 0.194. The van der Waals surface area contributed by atoms with Gasteiger partial charge in [-0.1, -0.05) is 43.7 Å². The highest BCUT2D eigenvalue weighted by atomic mass is 16.6. The van der Waals surface area contributed by atoms with Crippen LogP contribution in [0.3, 0.4) is 0 Å². The van der Waals surface area contributed by atoms with E-state index >= 15 is 0 Å². The molecule has 0 atom stereocenters. The number of hydrogen-bond donors (Lipinski definition) is 1. The number of benzene rings is 4. The molecular formula is C31H30N2O6. The van der Waals surface area contributed by atoms with Gasteiger partial charge in [-0.25, -0.2) is 10.2 Å². The Labute approximate surface area is 227 Å². The van der Waals surface area contributed by atoms with E-state index in [9.17, 15) is 9.59 Å². The Morgan fingerprint density at radius 2 is 1.62 bits per heavy atom. The Bertz CT molecular complexity index is 1450. The third-order valence-corrected chi connectivity index (χ3v) is 5.74. The van der Waals surface area contributed by atoms with Gasteiger partial charge in [-0.15, -0.1) is 0 Å². The normalized spacial score (nSPS) is 10.8. The first-order valence-electron chi connectivity index (χ1n) is 12.6. The number of hydrogen-bond acceptors (Lipinski definition) is 7. The Balaban J connectivity index is 1.28. The number of ether oxygens (including phenoxy) is 4. The molecule has 0 spiro atoms. The van der Waals surface area contributed by atoms with Crippen LogP contribution in [0.1, 0.15) is 35.7 Å². The molecule has 0 unspecified atom stereocenters. The Morgan fingerprint density at radius 3 is 2.38 bits per heavy atom. The van der Waals surface area contributed by atoms with Gasteiger partial charge >= 0.3 is 5.97 Å². The first kappa shape index (κ1) is 27.2. The number of carbonyl (C=O) groups excluding carboxylic acids is 2. The average molecular weight is 527 g/mol. The van der Waals surface area contributed by atoms with E-state index in [-0.39, 0.29) is 12.4 Å². The molecule has 0 aliphatic carbocycles. The van der Waals surface area contributed by atoms with E-state index in [2.05, 4.69) is 17.5 Å². The molecule has 1 N–H and O–H groups in total. The van der Waals surface area contributed by atoms with Crippen molar-refractivity contribution in [2.45, 2.75) is 19.8 Å². The molecule has 0 aliphatic heterocycles. The fourth-order valence-electron chi connectivity index (χ4n) is 3.65. The number of fused-ring (bicyclic) bond motifs is 1. The van der Waals surface area contributed by atoms with Crippen LogP contribution in [-0.4, -0.2) is 38.4 Å². The van der Waals surface area contributed by atoms with Crippen molar-refractivity contribution in [1.82, 2.24) is 5.43 Å². The molecule has 0 aromatic heterocycles. The van der Waals surface area contributed by atoms with Crippen molar-refractivity contribution >= 4 is 28.9 Å².